The van der Waals surface area contributed by atoms with Crippen LogP contribution in [0.1, 0.15) is 24.1 Å². The van der Waals surface area contributed by atoms with Gasteiger partial charge in [0.25, 0.3) is 0 Å². The minimum Gasteiger partial charge on any atom is -0.480 e. The number of carboxylic acids is 1. The Morgan fingerprint density at radius 2 is 1.76 bits per heavy atom. The van der Waals surface area contributed by atoms with E-state index < -0.39 is 41.8 Å². The third-order valence-corrected chi connectivity index (χ3v) is 5.36. The Bertz CT molecular complexity index is 1160. The third kappa shape index (κ3) is 6.42. The summed E-state index contributed by atoms with van der Waals surface area (Å²) in [5.41, 5.74) is 13.5. The predicted molar refractivity (Wildman–Crippen MR) is 122 cm³/mol. The number of carboxylic acid groups (broad SMARTS) is 1. The first-order valence-electron chi connectivity index (χ1n) is 10.6. The second kappa shape index (κ2) is 11.1. The number of benzene rings is 1. The average Bonchev–Trinajstić information content (AvgIpc) is 3.45. The minimum atomic E-state index is -1.35. The zero-order chi connectivity index (χ0) is 24.7. The summed E-state index contributed by atoms with van der Waals surface area (Å²) < 4.78 is 0. The number of hydrogen-bond donors (Lipinski definition) is 7. The fourth-order valence-corrected chi connectivity index (χ4v) is 3.55. The first-order chi connectivity index (χ1) is 16.2. The van der Waals surface area contributed by atoms with Gasteiger partial charge in [-0.3, -0.25) is 14.4 Å². The SMILES string of the molecule is NC(=O)CCC(NC(=O)C(Cc1cnc[nH]1)NC(=O)C(N)Cc1c[nH]c2ccccc12)C(=O)O. The number of hydrogen-bond acceptors (Lipinski definition) is 6. The Balaban J connectivity index is 1.70. The molecule has 3 unspecified atom stereocenters. The Morgan fingerprint density at radius 1 is 1.03 bits per heavy atom. The molecule has 0 radical (unpaired) electrons. The first-order valence-corrected chi connectivity index (χ1v) is 10.6. The second-order valence-corrected chi connectivity index (χ2v) is 7.92. The van der Waals surface area contributed by atoms with Gasteiger partial charge in [0.15, 0.2) is 0 Å². The summed E-state index contributed by atoms with van der Waals surface area (Å²) in [5, 5.41) is 15.3. The Labute approximate surface area is 194 Å². The number of imidazole rings is 1. The quantitative estimate of drug-likeness (QED) is 0.181. The Kier molecular flexibility index (Phi) is 7.98. The number of para-hydroxylation sites is 1. The van der Waals surface area contributed by atoms with Gasteiger partial charge in [-0.25, -0.2) is 9.78 Å². The molecule has 0 saturated heterocycles. The molecule has 0 fully saturated rings. The van der Waals surface area contributed by atoms with Gasteiger partial charge in [0.1, 0.15) is 12.1 Å². The van der Waals surface area contributed by atoms with Crippen LogP contribution in [0.2, 0.25) is 0 Å². The number of fused-ring (bicyclic) bond motifs is 1. The molecule has 12 heteroatoms. The summed E-state index contributed by atoms with van der Waals surface area (Å²) in [6.45, 7) is 0. The van der Waals surface area contributed by atoms with Crippen molar-refractivity contribution in [3.63, 3.8) is 0 Å². The number of nitrogens with two attached hydrogens (primary N) is 2. The maximum absolute atomic E-state index is 12.9. The predicted octanol–water partition coefficient (Wildman–Crippen LogP) is -0.677. The van der Waals surface area contributed by atoms with E-state index >= 15 is 0 Å². The number of aliphatic carboxylic acids is 1. The summed E-state index contributed by atoms with van der Waals surface area (Å²) in [6.07, 6.45) is 4.54. The second-order valence-electron chi connectivity index (χ2n) is 7.92. The van der Waals surface area contributed by atoms with E-state index in [1.54, 1.807) is 6.20 Å². The fraction of sp³-hybridized carbons (Fsp3) is 0.318. The van der Waals surface area contributed by atoms with Gasteiger partial charge in [-0.15, -0.1) is 0 Å². The average molecular weight is 470 g/mol. The lowest BCUT2D eigenvalue weighted by atomic mass is 10.0. The molecule has 12 nitrogen and oxygen atoms in total. The highest BCUT2D eigenvalue weighted by Gasteiger charge is 2.29. The molecule has 1 aromatic carbocycles. The van der Waals surface area contributed by atoms with Crippen LogP contribution >= 0.6 is 0 Å². The number of primary amides is 1. The summed E-state index contributed by atoms with van der Waals surface area (Å²) in [4.78, 5) is 58.1. The highest BCUT2D eigenvalue weighted by Crippen LogP contribution is 2.18. The van der Waals surface area contributed by atoms with Crippen molar-refractivity contribution in [3.8, 4) is 0 Å². The summed E-state index contributed by atoms with van der Waals surface area (Å²) in [6, 6.07) is 4.17. The smallest absolute Gasteiger partial charge is 0.326 e. The molecule has 2 aromatic heterocycles. The van der Waals surface area contributed by atoms with E-state index in [1.807, 2.05) is 24.3 Å². The van der Waals surface area contributed by atoms with Crippen LogP contribution in [-0.2, 0) is 32.0 Å². The van der Waals surface area contributed by atoms with Crippen molar-refractivity contribution in [2.24, 2.45) is 11.5 Å². The summed E-state index contributed by atoms with van der Waals surface area (Å²) in [7, 11) is 0. The number of nitrogens with zero attached hydrogens (tertiary/aromatic N) is 1. The van der Waals surface area contributed by atoms with Gasteiger partial charge in [-0.1, -0.05) is 18.2 Å². The van der Waals surface area contributed by atoms with Crippen molar-refractivity contribution in [2.45, 2.75) is 43.8 Å². The molecular weight excluding hydrogens is 442 g/mol. The largest absolute Gasteiger partial charge is 0.480 e. The topological polar surface area (TPSA) is 209 Å². The molecule has 0 bridgehead atoms. The maximum Gasteiger partial charge on any atom is 0.326 e. The molecule has 0 spiro atoms. The molecule has 3 aromatic rings. The van der Waals surface area contributed by atoms with Crippen molar-refractivity contribution in [2.75, 3.05) is 0 Å². The van der Waals surface area contributed by atoms with E-state index in [0.29, 0.717) is 5.69 Å². The minimum absolute atomic E-state index is 0.0273. The standard InChI is InChI=1S/C22H27N7O5/c23-15(7-12-9-26-16-4-2-1-3-14(12)16)20(31)29-18(8-13-10-25-11-27-13)21(32)28-17(22(33)34)5-6-19(24)30/h1-4,9-11,15,17-18,26H,5-8,23H2,(H2,24,30)(H,25,27)(H,28,32)(H,29,31)(H,33,34). The number of aromatic nitrogens is 3. The molecule has 34 heavy (non-hydrogen) atoms. The number of rotatable bonds is 12. The van der Waals surface area contributed by atoms with Gasteiger partial charge in [0, 0.05) is 41.8 Å². The van der Waals surface area contributed by atoms with Crippen LogP contribution in [0.5, 0.6) is 0 Å². The number of amides is 3. The monoisotopic (exact) mass is 469 g/mol. The zero-order valence-corrected chi connectivity index (χ0v) is 18.3. The van der Waals surface area contributed by atoms with Crippen LogP contribution in [0, 0.1) is 0 Å². The van der Waals surface area contributed by atoms with Gasteiger partial charge in [-0.2, -0.15) is 0 Å². The highest BCUT2D eigenvalue weighted by molar-refractivity contribution is 5.92. The van der Waals surface area contributed by atoms with Gasteiger partial charge in [0.05, 0.1) is 12.4 Å². The van der Waals surface area contributed by atoms with Crippen LogP contribution in [0.25, 0.3) is 10.9 Å². The van der Waals surface area contributed by atoms with E-state index in [2.05, 4.69) is 25.6 Å². The van der Waals surface area contributed by atoms with Crippen LogP contribution < -0.4 is 22.1 Å². The van der Waals surface area contributed by atoms with Crippen LogP contribution in [-0.4, -0.2) is 61.9 Å². The maximum atomic E-state index is 12.9. The fourth-order valence-electron chi connectivity index (χ4n) is 3.55. The van der Waals surface area contributed by atoms with Crippen molar-refractivity contribution < 1.29 is 24.3 Å². The Morgan fingerprint density at radius 3 is 2.44 bits per heavy atom. The first kappa shape index (κ1) is 24.5. The molecule has 0 aliphatic heterocycles. The van der Waals surface area contributed by atoms with E-state index in [0.717, 1.165) is 16.5 Å². The number of nitrogens with one attached hydrogen (secondary N) is 4. The van der Waals surface area contributed by atoms with Crippen molar-refractivity contribution in [1.82, 2.24) is 25.6 Å². The third-order valence-electron chi connectivity index (χ3n) is 5.36. The lowest BCUT2D eigenvalue weighted by molar-refractivity contribution is -0.142. The molecule has 180 valence electrons. The van der Waals surface area contributed by atoms with Gasteiger partial charge in [0.2, 0.25) is 17.7 Å². The van der Waals surface area contributed by atoms with E-state index in [9.17, 15) is 24.3 Å². The molecule has 0 aliphatic carbocycles. The van der Waals surface area contributed by atoms with Crippen LogP contribution in [0.3, 0.4) is 0 Å². The molecule has 3 rings (SSSR count). The molecule has 3 amide bonds. The molecule has 3 atom stereocenters. The number of carbonyl (C=O) groups excluding carboxylic acids is 3. The molecular formula is C22H27N7O5. The summed E-state index contributed by atoms with van der Waals surface area (Å²) >= 11 is 0. The number of carbonyl (C=O) groups is 4. The molecule has 9 N–H and O–H groups in total. The van der Waals surface area contributed by atoms with Crippen LogP contribution in [0.4, 0.5) is 0 Å². The zero-order valence-electron chi connectivity index (χ0n) is 18.3. The van der Waals surface area contributed by atoms with Gasteiger partial charge < -0.3 is 37.2 Å². The van der Waals surface area contributed by atoms with E-state index in [4.69, 9.17) is 11.5 Å². The Hall–Kier alpha value is -4.19. The lowest BCUT2D eigenvalue weighted by Gasteiger charge is -2.22. The van der Waals surface area contributed by atoms with Crippen molar-refractivity contribution in [1.29, 1.82) is 0 Å². The van der Waals surface area contributed by atoms with Crippen molar-refractivity contribution in [3.05, 3.63) is 54.2 Å². The van der Waals surface area contributed by atoms with Gasteiger partial charge in [-0.05, 0) is 24.5 Å². The van der Waals surface area contributed by atoms with E-state index in [-0.39, 0.29) is 25.7 Å². The molecule has 0 saturated carbocycles. The van der Waals surface area contributed by atoms with E-state index in [1.165, 1.54) is 12.5 Å². The van der Waals surface area contributed by atoms with Crippen molar-refractivity contribution >= 4 is 34.6 Å². The van der Waals surface area contributed by atoms with Crippen LogP contribution in [0.15, 0.2) is 43.0 Å². The normalized spacial score (nSPS) is 13.7. The van der Waals surface area contributed by atoms with Gasteiger partial charge >= 0.3 is 5.97 Å². The lowest BCUT2D eigenvalue weighted by Crippen LogP contribution is -2.55. The molecule has 2 heterocycles. The molecule has 0 aliphatic rings. The number of H-pyrrole nitrogens is 2. The highest BCUT2D eigenvalue weighted by atomic mass is 16.4. The summed E-state index contributed by atoms with van der Waals surface area (Å²) in [5.74, 6) is -3.32. The number of aromatic amines is 2.